The molecule has 3 rings (SSSR count). The van der Waals surface area contributed by atoms with E-state index in [1.807, 2.05) is 0 Å². The molecule has 0 unspecified atom stereocenters. The van der Waals surface area contributed by atoms with E-state index in [0.29, 0.717) is 23.5 Å². The van der Waals surface area contributed by atoms with E-state index in [2.05, 4.69) is 5.10 Å². The molecule has 1 saturated carbocycles. The number of aromatic nitrogens is 3. The second-order valence-corrected chi connectivity index (χ2v) is 8.26. The maximum absolute atomic E-state index is 14.1. The number of benzene rings is 1. The van der Waals surface area contributed by atoms with E-state index in [0.717, 1.165) is 23.4 Å². The lowest BCUT2D eigenvalue weighted by atomic mass is 10.2. The van der Waals surface area contributed by atoms with Gasteiger partial charge >= 0.3 is 11.7 Å². The monoisotopic (exact) mass is 386 g/mol. The Hall–Kier alpha value is -2.56. The lowest BCUT2D eigenvalue weighted by molar-refractivity contribution is 0.245. The summed E-state index contributed by atoms with van der Waals surface area (Å²) in [5.74, 6) is -1.80. The number of carbonyl (C=O) groups excluding carboxylic acids is 1. The zero-order chi connectivity index (χ0) is 19.2. The highest BCUT2D eigenvalue weighted by molar-refractivity contribution is 7.90. The van der Waals surface area contributed by atoms with Gasteiger partial charge < -0.3 is 0 Å². The predicted octanol–water partition coefficient (Wildman–Crippen LogP) is 1.55. The largest absolute Gasteiger partial charge is 0.368 e. The summed E-state index contributed by atoms with van der Waals surface area (Å²) >= 11 is 0. The van der Waals surface area contributed by atoms with Gasteiger partial charge in [0.05, 0.1) is 10.9 Å². The van der Waals surface area contributed by atoms with Crippen LogP contribution in [0.1, 0.15) is 26.7 Å². The van der Waals surface area contributed by atoms with Gasteiger partial charge in [0.15, 0.2) is 0 Å². The van der Waals surface area contributed by atoms with Crippen LogP contribution < -0.4 is 10.6 Å². The highest BCUT2D eigenvalue weighted by Crippen LogP contribution is 2.28. The summed E-state index contributed by atoms with van der Waals surface area (Å²) < 4.78 is 52.4. The van der Waals surface area contributed by atoms with Crippen molar-refractivity contribution in [2.45, 2.75) is 38.0 Å². The summed E-state index contributed by atoms with van der Waals surface area (Å²) in [6.45, 7) is 3.13. The number of halogens is 2. The predicted molar refractivity (Wildman–Crippen MR) is 88.6 cm³/mol. The van der Waals surface area contributed by atoms with Crippen LogP contribution >= 0.6 is 0 Å². The molecule has 8 nitrogen and oxygen atoms in total. The molecule has 0 N–H and O–H groups in total. The zero-order valence-corrected chi connectivity index (χ0v) is 14.8. The van der Waals surface area contributed by atoms with Gasteiger partial charge in [0.1, 0.15) is 18.0 Å². The van der Waals surface area contributed by atoms with Gasteiger partial charge in [-0.05, 0) is 38.8 Å². The Balaban J connectivity index is 2.04. The molecule has 0 radical (unpaired) electrons. The van der Waals surface area contributed by atoms with Crippen molar-refractivity contribution in [3.63, 3.8) is 0 Å². The quantitative estimate of drug-likeness (QED) is 0.795. The Morgan fingerprint density at radius 3 is 2.50 bits per heavy atom. The van der Waals surface area contributed by atoms with Crippen LogP contribution in [0.2, 0.25) is 0 Å². The van der Waals surface area contributed by atoms with Crippen LogP contribution in [-0.2, 0) is 10.0 Å². The van der Waals surface area contributed by atoms with Gasteiger partial charge in [-0.2, -0.15) is 4.57 Å². The Morgan fingerprint density at radius 1 is 1.31 bits per heavy atom. The van der Waals surface area contributed by atoms with E-state index in [-0.39, 0.29) is 9.77 Å². The minimum atomic E-state index is -3.96. The number of hydrogen-bond acceptors (Lipinski definition) is 5. The normalized spacial score (nSPS) is 14.7. The molecule has 0 aliphatic heterocycles. The zero-order valence-electron chi connectivity index (χ0n) is 14.0. The molecular formula is C15H16F2N4O4S. The van der Waals surface area contributed by atoms with Crippen molar-refractivity contribution in [3.05, 3.63) is 46.6 Å². The minimum absolute atomic E-state index is 0.240. The third kappa shape index (κ3) is 3.02. The first-order valence-electron chi connectivity index (χ1n) is 7.84. The molecular weight excluding hydrogens is 370 g/mol. The molecule has 140 valence electrons. The van der Waals surface area contributed by atoms with E-state index in [4.69, 9.17) is 0 Å². The summed E-state index contributed by atoms with van der Waals surface area (Å²) in [4.78, 5) is 26.0. The fourth-order valence-corrected chi connectivity index (χ4v) is 3.99. The van der Waals surface area contributed by atoms with Crippen LogP contribution in [0.25, 0.3) is 0 Å². The minimum Gasteiger partial charge on any atom is -0.288 e. The molecule has 0 atom stereocenters. The molecule has 1 aliphatic carbocycles. The third-order valence-corrected chi connectivity index (χ3v) is 5.97. The van der Waals surface area contributed by atoms with Crippen molar-refractivity contribution in [3.8, 4) is 0 Å². The lowest BCUT2D eigenvalue weighted by Crippen LogP contribution is -2.45. The van der Waals surface area contributed by atoms with E-state index < -0.39 is 44.7 Å². The molecule has 26 heavy (non-hydrogen) atoms. The first kappa shape index (κ1) is 18.2. The molecule has 1 amide bonds. The van der Waals surface area contributed by atoms with Crippen molar-refractivity contribution in [2.24, 2.45) is 0 Å². The van der Waals surface area contributed by atoms with Crippen molar-refractivity contribution in [1.82, 2.24) is 13.8 Å². The Kier molecular flexibility index (Phi) is 4.42. The first-order chi connectivity index (χ1) is 12.1. The summed E-state index contributed by atoms with van der Waals surface area (Å²) in [6.07, 6.45) is 1.63. The third-order valence-electron chi connectivity index (χ3n) is 3.93. The number of hydrogen-bond donors (Lipinski definition) is 0. The van der Waals surface area contributed by atoms with E-state index >= 15 is 0 Å². The molecule has 1 aromatic heterocycles. The number of anilines is 1. The van der Waals surface area contributed by atoms with Crippen LogP contribution in [0.4, 0.5) is 19.3 Å². The molecule has 0 bridgehead atoms. The Bertz CT molecular complexity index is 1020. The maximum Gasteiger partial charge on any atom is 0.368 e. The summed E-state index contributed by atoms with van der Waals surface area (Å²) in [5.41, 5.74) is -1.40. The molecule has 0 saturated heterocycles. The smallest absolute Gasteiger partial charge is 0.288 e. The van der Waals surface area contributed by atoms with E-state index in [1.165, 1.54) is 0 Å². The lowest BCUT2D eigenvalue weighted by Gasteiger charge is -2.26. The van der Waals surface area contributed by atoms with Crippen LogP contribution in [-0.4, -0.2) is 39.5 Å². The summed E-state index contributed by atoms with van der Waals surface area (Å²) in [6, 6.07) is 1.07. The molecule has 1 heterocycles. The fourth-order valence-electron chi connectivity index (χ4n) is 2.50. The van der Waals surface area contributed by atoms with Crippen LogP contribution in [0, 0.1) is 11.6 Å². The number of carbonyl (C=O) groups is 1. The Labute approximate surface area is 147 Å². The van der Waals surface area contributed by atoms with E-state index in [9.17, 15) is 26.8 Å². The van der Waals surface area contributed by atoms with Gasteiger partial charge in [-0.3, -0.25) is 4.90 Å². The highest BCUT2D eigenvalue weighted by Gasteiger charge is 2.40. The van der Waals surface area contributed by atoms with Gasteiger partial charge in [-0.15, -0.1) is 9.19 Å². The van der Waals surface area contributed by atoms with Crippen molar-refractivity contribution >= 4 is 21.7 Å². The van der Waals surface area contributed by atoms with Crippen molar-refractivity contribution < 1.29 is 22.0 Å². The number of nitrogens with zero attached hydrogens (tertiary/aromatic N) is 4. The molecule has 1 fully saturated rings. The first-order valence-corrected chi connectivity index (χ1v) is 9.34. The standard InChI is InChI=1S/C15H16F2N4O4S/c1-9(2)20(13-6-3-10(16)7-12(13)17)14(22)19-8-18-21(15(19)23)26(24,25)11-4-5-11/h3,6-9,11H,4-5H2,1-2H3. The van der Waals surface area contributed by atoms with Crippen LogP contribution in [0.5, 0.6) is 0 Å². The van der Waals surface area contributed by atoms with Gasteiger partial charge in [0, 0.05) is 12.1 Å². The average Bonchev–Trinajstić information content (AvgIpc) is 3.32. The summed E-state index contributed by atoms with van der Waals surface area (Å²) in [7, 11) is -3.96. The average molecular weight is 386 g/mol. The molecule has 0 spiro atoms. The highest BCUT2D eigenvalue weighted by atomic mass is 32.2. The molecule has 1 aromatic carbocycles. The summed E-state index contributed by atoms with van der Waals surface area (Å²) in [5, 5.41) is 2.83. The number of amides is 1. The maximum atomic E-state index is 14.1. The molecule has 11 heteroatoms. The van der Waals surface area contributed by atoms with Gasteiger partial charge in [0.25, 0.3) is 10.0 Å². The van der Waals surface area contributed by atoms with Crippen LogP contribution in [0.3, 0.4) is 0 Å². The number of rotatable bonds is 4. The SMILES string of the molecule is CC(C)N(C(=O)n1cnn(S(=O)(=O)C2CC2)c1=O)c1ccc(F)cc1F. The van der Waals surface area contributed by atoms with Gasteiger partial charge in [0.2, 0.25) is 0 Å². The fraction of sp³-hybridized carbons (Fsp3) is 0.400. The second-order valence-electron chi connectivity index (χ2n) is 6.21. The topological polar surface area (TPSA) is 94.3 Å². The van der Waals surface area contributed by atoms with E-state index in [1.54, 1.807) is 13.8 Å². The molecule has 1 aliphatic rings. The van der Waals surface area contributed by atoms with Crippen molar-refractivity contribution in [1.29, 1.82) is 0 Å². The van der Waals surface area contributed by atoms with Gasteiger partial charge in [-0.1, -0.05) is 0 Å². The van der Waals surface area contributed by atoms with Gasteiger partial charge in [-0.25, -0.2) is 26.8 Å². The second kappa shape index (κ2) is 6.31. The van der Waals surface area contributed by atoms with Crippen molar-refractivity contribution in [2.75, 3.05) is 4.90 Å². The Morgan fingerprint density at radius 2 is 1.96 bits per heavy atom. The molecule has 2 aromatic rings. The van der Waals surface area contributed by atoms with Crippen LogP contribution in [0.15, 0.2) is 29.3 Å².